The van der Waals surface area contributed by atoms with Gasteiger partial charge in [-0.2, -0.15) is 9.61 Å². The van der Waals surface area contributed by atoms with Gasteiger partial charge in [-0.25, -0.2) is 4.98 Å². The molecule has 1 atom stereocenters. The van der Waals surface area contributed by atoms with Crippen molar-refractivity contribution in [3.63, 3.8) is 0 Å². The molecule has 3 heterocycles. The van der Waals surface area contributed by atoms with E-state index in [4.69, 9.17) is 16.6 Å². The number of hydrogen-bond donors (Lipinski definition) is 1. The van der Waals surface area contributed by atoms with Crippen LogP contribution in [0.3, 0.4) is 0 Å². The number of piperidine rings is 1. The van der Waals surface area contributed by atoms with E-state index in [0.29, 0.717) is 10.9 Å². The standard InChI is InChI=1S/C29H29BClN5/c30-25-17-33-36-28(15-27(34-29(25)36)24-12-3-4-13-26(24)31)32-16-20-7-6-14-35(18-20)19-22-10-5-9-21-8-1-2-11-23(21)22/h1-5,8-13,15,17,20,32H,6-7,14,16,18-19,30H2. The van der Waals surface area contributed by atoms with Crippen LogP contribution in [-0.2, 0) is 6.54 Å². The van der Waals surface area contributed by atoms with E-state index in [2.05, 4.69) is 63.8 Å². The van der Waals surface area contributed by atoms with Crippen LogP contribution in [0.1, 0.15) is 18.4 Å². The monoisotopic (exact) mass is 493 g/mol. The highest BCUT2D eigenvalue weighted by atomic mass is 35.5. The second-order valence-electron chi connectivity index (χ2n) is 9.83. The van der Waals surface area contributed by atoms with Gasteiger partial charge in [-0.3, -0.25) is 4.90 Å². The Morgan fingerprint density at radius 3 is 2.78 bits per heavy atom. The Kier molecular flexibility index (Phi) is 6.38. The Balaban J connectivity index is 1.20. The van der Waals surface area contributed by atoms with Gasteiger partial charge in [-0.1, -0.05) is 72.3 Å². The summed E-state index contributed by atoms with van der Waals surface area (Å²) in [7, 11) is 2.04. The number of benzene rings is 3. The summed E-state index contributed by atoms with van der Waals surface area (Å²) in [5, 5.41) is 11.7. The summed E-state index contributed by atoms with van der Waals surface area (Å²) in [6, 6.07) is 25.3. The fourth-order valence-corrected chi connectivity index (χ4v) is 5.62. The van der Waals surface area contributed by atoms with Gasteiger partial charge in [0.15, 0.2) is 5.65 Å². The third-order valence-corrected chi connectivity index (χ3v) is 7.58. The van der Waals surface area contributed by atoms with Gasteiger partial charge in [0.05, 0.1) is 5.69 Å². The number of likely N-dealkylation sites (tertiary alicyclic amines) is 1. The molecule has 0 spiro atoms. The van der Waals surface area contributed by atoms with Gasteiger partial charge in [0.1, 0.15) is 13.7 Å². The van der Waals surface area contributed by atoms with Crippen molar-refractivity contribution in [3.05, 3.63) is 89.6 Å². The maximum Gasteiger partial charge on any atom is 0.151 e. The number of nitrogens with one attached hydrogen (secondary N) is 1. The summed E-state index contributed by atoms with van der Waals surface area (Å²) < 4.78 is 1.91. The smallest absolute Gasteiger partial charge is 0.151 e. The SMILES string of the molecule is Bc1cnn2c(NCC3CCCN(Cc4cccc5ccccc45)C3)cc(-c3ccccc3Cl)nc12. The average molecular weight is 494 g/mol. The van der Waals surface area contributed by atoms with Crippen LogP contribution < -0.4 is 10.8 Å². The second-order valence-corrected chi connectivity index (χ2v) is 10.2. The van der Waals surface area contributed by atoms with Gasteiger partial charge < -0.3 is 5.32 Å². The molecule has 36 heavy (non-hydrogen) atoms. The lowest BCUT2D eigenvalue weighted by Crippen LogP contribution is -2.37. The molecule has 5 aromatic rings. The molecular weight excluding hydrogens is 465 g/mol. The average Bonchev–Trinajstić information content (AvgIpc) is 3.29. The molecule has 0 radical (unpaired) electrons. The van der Waals surface area contributed by atoms with Crippen LogP contribution in [0.25, 0.3) is 27.7 Å². The highest BCUT2D eigenvalue weighted by Gasteiger charge is 2.21. The minimum atomic E-state index is 0.567. The maximum absolute atomic E-state index is 6.51. The van der Waals surface area contributed by atoms with Crippen LogP contribution >= 0.6 is 11.6 Å². The molecule has 1 saturated heterocycles. The summed E-state index contributed by atoms with van der Waals surface area (Å²) in [6.07, 6.45) is 4.31. The lowest BCUT2D eigenvalue weighted by molar-refractivity contribution is 0.174. The minimum absolute atomic E-state index is 0.567. The van der Waals surface area contributed by atoms with Gasteiger partial charge in [-0.15, -0.1) is 0 Å². The summed E-state index contributed by atoms with van der Waals surface area (Å²) in [5.41, 5.74) is 5.11. The Morgan fingerprint density at radius 1 is 1.03 bits per heavy atom. The number of fused-ring (bicyclic) bond motifs is 2. The maximum atomic E-state index is 6.51. The molecule has 0 saturated carbocycles. The van der Waals surface area contributed by atoms with Crippen molar-refractivity contribution in [2.24, 2.45) is 5.92 Å². The largest absolute Gasteiger partial charge is 0.370 e. The zero-order valence-corrected chi connectivity index (χ0v) is 21.2. The van der Waals surface area contributed by atoms with E-state index in [1.165, 1.54) is 29.2 Å². The van der Waals surface area contributed by atoms with Crippen molar-refractivity contribution in [1.29, 1.82) is 0 Å². The van der Waals surface area contributed by atoms with Gasteiger partial charge in [0.2, 0.25) is 0 Å². The molecule has 1 unspecified atom stereocenters. The van der Waals surface area contributed by atoms with Crippen molar-refractivity contribution in [2.75, 3.05) is 25.0 Å². The van der Waals surface area contributed by atoms with E-state index >= 15 is 0 Å². The van der Waals surface area contributed by atoms with E-state index < -0.39 is 0 Å². The number of anilines is 1. The lowest BCUT2D eigenvalue weighted by Gasteiger charge is -2.33. The quantitative estimate of drug-likeness (QED) is 0.346. The van der Waals surface area contributed by atoms with Gasteiger partial charge in [-0.05, 0) is 53.2 Å². The number of hydrogen-bond acceptors (Lipinski definition) is 4. The molecule has 7 heteroatoms. The Bertz CT molecular complexity index is 1530. The highest BCUT2D eigenvalue weighted by Crippen LogP contribution is 2.29. The molecule has 1 fully saturated rings. The van der Waals surface area contributed by atoms with Crippen molar-refractivity contribution >= 4 is 47.1 Å². The molecule has 0 aliphatic carbocycles. The number of rotatable bonds is 6. The summed E-state index contributed by atoms with van der Waals surface area (Å²) in [4.78, 5) is 7.48. The molecule has 180 valence electrons. The topological polar surface area (TPSA) is 45.5 Å². The normalized spacial score (nSPS) is 16.5. The van der Waals surface area contributed by atoms with Crippen LogP contribution in [0.5, 0.6) is 0 Å². The van der Waals surface area contributed by atoms with Crippen LogP contribution in [-0.4, -0.2) is 47.0 Å². The first-order valence-electron chi connectivity index (χ1n) is 12.7. The van der Waals surface area contributed by atoms with E-state index in [0.717, 1.165) is 54.4 Å². The van der Waals surface area contributed by atoms with E-state index in [1.807, 2.05) is 42.8 Å². The van der Waals surface area contributed by atoms with E-state index in [1.54, 1.807) is 0 Å². The predicted octanol–water partition coefficient (Wildman–Crippen LogP) is 4.79. The van der Waals surface area contributed by atoms with E-state index in [-0.39, 0.29) is 0 Å². The van der Waals surface area contributed by atoms with Gasteiger partial charge in [0.25, 0.3) is 0 Å². The summed E-state index contributed by atoms with van der Waals surface area (Å²) in [5.74, 6) is 1.52. The molecule has 5 nitrogen and oxygen atoms in total. The number of halogens is 1. The van der Waals surface area contributed by atoms with E-state index in [9.17, 15) is 0 Å². The summed E-state index contributed by atoms with van der Waals surface area (Å²) in [6.45, 7) is 4.12. The lowest BCUT2D eigenvalue weighted by atomic mass is 9.96. The van der Waals surface area contributed by atoms with Gasteiger partial charge in [0, 0.05) is 42.5 Å². The first-order chi connectivity index (χ1) is 17.7. The Labute approximate surface area is 217 Å². The molecular formula is C29H29BClN5. The Morgan fingerprint density at radius 2 is 1.86 bits per heavy atom. The third kappa shape index (κ3) is 4.59. The second kappa shape index (κ2) is 9.96. The molecule has 0 amide bonds. The van der Waals surface area contributed by atoms with Crippen LogP contribution in [0, 0.1) is 5.92 Å². The molecule has 6 rings (SSSR count). The first kappa shape index (κ1) is 23.1. The van der Waals surface area contributed by atoms with Crippen molar-refractivity contribution < 1.29 is 0 Å². The first-order valence-corrected chi connectivity index (χ1v) is 13.1. The predicted molar refractivity (Wildman–Crippen MR) is 152 cm³/mol. The molecule has 0 bridgehead atoms. The van der Waals surface area contributed by atoms with Crippen molar-refractivity contribution in [2.45, 2.75) is 19.4 Å². The zero-order valence-electron chi connectivity index (χ0n) is 20.5. The van der Waals surface area contributed by atoms with Crippen molar-refractivity contribution in [1.82, 2.24) is 19.5 Å². The highest BCUT2D eigenvalue weighted by molar-refractivity contribution is 6.36. The molecule has 1 aliphatic heterocycles. The third-order valence-electron chi connectivity index (χ3n) is 7.25. The summed E-state index contributed by atoms with van der Waals surface area (Å²) >= 11 is 6.51. The fraction of sp³-hybridized carbons (Fsp3) is 0.241. The molecule has 1 N–H and O–H groups in total. The Hall–Kier alpha value is -3.35. The van der Waals surface area contributed by atoms with Crippen LogP contribution in [0.4, 0.5) is 5.82 Å². The fourth-order valence-electron chi connectivity index (χ4n) is 5.39. The van der Waals surface area contributed by atoms with Crippen molar-refractivity contribution in [3.8, 4) is 11.3 Å². The zero-order chi connectivity index (χ0) is 24.5. The van der Waals surface area contributed by atoms with Crippen LogP contribution in [0.2, 0.25) is 5.02 Å². The van der Waals surface area contributed by atoms with Crippen LogP contribution in [0.15, 0.2) is 79.0 Å². The number of nitrogens with zero attached hydrogens (tertiary/aromatic N) is 4. The molecule has 3 aromatic carbocycles. The molecule has 2 aromatic heterocycles. The molecule has 1 aliphatic rings. The minimum Gasteiger partial charge on any atom is -0.370 e. The number of aromatic nitrogens is 3. The van der Waals surface area contributed by atoms with Gasteiger partial charge >= 0.3 is 0 Å².